The second-order valence-electron chi connectivity index (χ2n) is 7.91. The molecule has 7 nitrogen and oxygen atoms in total. The second kappa shape index (κ2) is 9.51. The zero-order valence-corrected chi connectivity index (χ0v) is 19.1. The van der Waals surface area contributed by atoms with E-state index in [9.17, 15) is 9.18 Å². The van der Waals surface area contributed by atoms with E-state index in [0.29, 0.717) is 18.7 Å². The number of carbonyl (C=O) groups excluding carboxylic acids is 1. The number of nitrogens with two attached hydrogens (primary N) is 2. The lowest BCUT2D eigenvalue weighted by Crippen LogP contribution is -2.42. The number of nitrogens with zero attached hydrogens (tertiary/aromatic N) is 4. The van der Waals surface area contributed by atoms with Crippen LogP contribution in [0, 0.1) is 17.1 Å². The van der Waals surface area contributed by atoms with Crippen molar-refractivity contribution in [3.8, 4) is 17.2 Å². The summed E-state index contributed by atoms with van der Waals surface area (Å²) in [6.45, 7) is 2.37. The highest BCUT2D eigenvalue weighted by Crippen LogP contribution is 2.36. The van der Waals surface area contributed by atoms with Crippen LogP contribution in [0.3, 0.4) is 0 Å². The van der Waals surface area contributed by atoms with Crippen molar-refractivity contribution in [2.45, 2.75) is 19.4 Å². The fourth-order valence-corrected chi connectivity index (χ4v) is 4.34. The standard InChI is InChI=1S/C25H22ClFN6O/c1-15-18-4-2-5-19(16-8-9-17(12-28)31-13-16)20(18)10-11-32(15)25(34)22(29)14-33(30)23-7-3-6-21(26)24(23)27/h2-9,13-15H,10-11,29-30H2,1H3/b22-14-. The number of nitriles is 1. The quantitative estimate of drug-likeness (QED) is 0.334. The maximum absolute atomic E-state index is 14.3. The van der Waals surface area contributed by atoms with Crippen molar-refractivity contribution in [1.29, 1.82) is 5.26 Å². The van der Waals surface area contributed by atoms with E-state index in [1.807, 2.05) is 37.3 Å². The number of pyridine rings is 1. The molecule has 0 saturated carbocycles. The van der Waals surface area contributed by atoms with Gasteiger partial charge in [0.15, 0.2) is 5.82 Å². The number of hydrogen-bond donors (Lipinski definition) is 2. The van der Waals surface area contributed by atoms with Crippen molar-refractivity contribution in [3.63, 3.8) is 0 Å². The van der Waals surface area contributed by atoms with Gasteiger partial charge in [-0.05, 0) is 54.3 Å². The lowest BCUT2D eigenvalue weighted by Gasteiger charge is -2.36. The first-order valence-corrected chi connectivity index (χ1v) is 10.9. The smallest absolute Gasteiger partial charge is 0.271 e. The number of rotatable bonds is 4. The van der Waals surface area contributed by atoms with Crippen molar-refractivity contribution in [3.05, 3.63) is 94.3 Å². The molecule has 1 unspecified atom stereocenters. The third-order valence-electron chi connectivity index (χ3n) is 5.92. The van der Waals surface area contributed by atoms with Gasteiger partial charge in [-0.2, -0.15) is 5.26 Å². The van der Waals surface area contributed by atoms with Crippen molar-refractivity contribution >= 4 is 23.2 Å². The number of anilines is 1. The predicted molar refractivity (Wildman–Crippen MR) is 129 cm³/mol. The molecule has 3 aromatic rings. The highest BCUT2D eigenvalue weighted by Gasteiger charge is 2.30. The minimum absolute atomic E-state index is 0.000885. The summed E-state index contributed by atoms with van der Waals surface area (Å²) in [6, 6.07) is 15.6. The molecule has 1 atom stereocenters. The number of carbonyl (C=O) groups is 1. The van der Waals surface area contributed by atoms with Crippen LogP contribution in [0.15, 0.2) is 66.6 Å². The fourth-order valence-electron chi connectivity index (χ4n) is 4.17. The van der Waals surface area contributed by atoms with Crippen LogP contribution >= 0.6 is 11.6 Å². The van der Waals surface area contributed by atoms with E-state index in [4.69, 9.17) is 28.4 Å². The molecule has 34 heavy (non-hydrogen) atoms. The second-order valence-corrected chi connectivity index (χ2v) is 8.31. The maximum Gasteiger partial charge on any atom is 0.271 e. The van der Waals surface area contributed by atoms with Gasteiger partial charge in [0.2, 0.25) is 0 Å². The van der Waals surface area contributed by atoms with Gasteiger partial charge in [0, 0.05) is 18.3 Å². The van der Waals surface area contributed by atoms with E-state index in [-0.39, 0.29) is 22.4 Å². The van der Waals surface area contributed by atoms with E-state index in [1.54, 1.807) is 23.2 Å². The molecule has 2 aromatic carbocycles. The van der Waals surface area contributed by atoms with Gasteiger partial charge in [-0.15, -0.1) is 0 Å². The van der Waals surface area contributed by atoms with Crippen LogP contribution in [0.25, 0.3) is 11.1 Å². The van der Waals surface area contributed by atoms with Gasteiger partial charge in [0.1, 0.15) is 17.5 Å². The minimum atomic E-state index is -0.701. The van der Waals surface area contributed by atoms with E-state index in [2.05, 4.69) is 4.98 Å². The molecule has 0 spiro atoms. The molecular weight excluding hydrogens is 455 g/mol. The summed E-state index contributed by atoms with van der Waals surface area (Å²) < 4.78 is 14.3. The van der Waals surface area contributed by atoms with Crippen LogP contribution in [0.4, 0.5) is 10.1 Å². The monoisotopic (exact) mass is 476 g/mol. The fraction of sp³-hybridized carbons (Fsp3) is 0.160. The molecule has 4 N–H and O–H groups in total. The molecule has 1 amide bonds. The maximum atomic E-state index is 14.3. The Labute approximate surface area is 201 Å². The minimum Gasteiger partial charge on any atom is -0.393 e. The molecule has 0 bridgehead atoms. The molecule has 0 radical (unpaired) electrons. The van der Waals surface area contributed by atoms with E-state index in [0.717, 1.165) is 27.3 Å². The number of halogens is 2. The van der Waals surface area contributed by atoms with Crippen molar-refractivity contribution < 1.29 is 9.18 Å². The Morgan fingerprint density at radius 3 is 2.76 bits per heavy atom. The van der Waals surface area contributed by atoms with Gasteiger partial charge in [0.25, 0.3) is 5.91 Å². The molecule has 0 saturated heterocycles. The average molecular weight is 477 g/mol. The summed E-state index contributed by atoms with van der Waals surface area (Å²) in [7, 11) is 0. The van der Waals surface area contributed by atoms with E-state index < -0.39 is 11.7 Å². The SMILES string of the molecule is CC1c2cccc(-c3ccc(C#N)nc3)c2CCN1C(=O)/C(N)=C/N(N)c1cccc(Cl)c1F. The molecule has 1 aromatic heterocycles. The van der Waals surface area contributed by atoms with Gasteiger partial charge in [-0.3, -0.25) is 9.80 Å². The number of hydrogen-bond acceptors (Lipinski definition) is 6. The third-order valence-corrected chi connectivity index (χ3v) is 6.21. The molecule has 0 fully saturated rings. The summed E-state index contributed by atoms with van der Waals surface area (Å²) >= 11 is 5.82. The Bertz CT molecular complexity index is 1320. The van der Waals surface area contributed by atoms with Gasteiger partial charge in [-0.25, -0.2) is 15.2 Å². The molecule has 9 heteroatoms. The first kappa shape index (κ1) is 23.2. The Kier molecular flexibility index (Phi) is 6.50. The molecule has 2 heterocycles. The zero-order valence-electron chi connectivity index (χ0n) is 18.4. The Balaban J connectivity index is 1.59. The summed E-state index contributed by atoms with van der Waals surface area (Å²) in [5, 5.41) is 9.87. The number of benzene rings is 2. The summed E-state index contributed by atoms with van der Waals surface area (Å²) in [5.74, 6) is 4.83. The predicted octanol–water partition coefficient (Wildman–Crippen LogP) is 4.04. The highest BCUT2D eigenvalue weighted by molar-refractivity contribution is 6.31. The average Bonchev–Trinajstić information content (AvgIpc) is 2.85. The number of amides is 1. The zero-order chi connectivity index (χ0) is 24.4. The molecule has 1 aliphatic rings. The Morgan fingerprint density at radius 1 is 1.29 bits per heavy atom. The van der Waals surface area contributed by atoms with Crippen LogP contribution in [0.5, 0.6) is 0 Å². The van der Waals surface area contributed by atoms with E-state index in [1.165, 1.54) is 18.3 Å². The van der Waals surface area contributed by atoms with Gasteiger partial charge in [-0.1, -0.05) is 35.9 Å². The largest absolute Gasteiger partial charge is 0.393 e. The van der Waals surface area contributed by atoms with Crippen LogP contribution < -0.4 is 16.6 Å². The van der Waals surface area contributed by atoms with Crippen LogP contribution in [0.1, 0.15) is 29.8 Å². The number of aromatic nitrogens is 1. The summed E-state index contributed by atoms with van der Waals surface area (Å²) in [6.07, 6.45) is 3.49. The summed E-state index contributed by atoms with van der Waals surface area (Å²) in [4.78, 5) is 19.0. The molecule has 0 aliphatic carbocycles. The van der Waals surface area contributed by atoms with Crippen molar-refractivity contribution in [2.24, 2.45) is 11.6 Å². The van der Waals surface area contributed by atoms with Crippen molar-refractivity contribution in [1.82, 2.24) is 9.88 Å². The van der Waals surface area contributed by atoms with E-state index >= 15 is 0 Å². The number of fused-ring (bicyclic) bond motifs is 1. The molecule has 172 valence electrons. The highest BCUT2D eigenvalue weighted by atomic mass is 35.5. The van der Waals surface area contributed by atoms with Crippen molar-refractivity contribution in [2.75, 3.05) is 11.6 Å². The Morgan fingerprint density at radius 2 is 2.06 bits per heavy atom. The lowest BCUT2D eigenvalue weighted by atomic mass is 9.87. The first-order valence-electron chi connectivity index (χ1n) is 10.6. The molecule has 1 aliphatic heterocycles. The molecule has 4 rings (SSSR count). The number of hydrazine groups is 1. The normalized spacial score (nSPS) is 15.4. The van der Waals surface area contributed by atoms with Crippen LogP contribution in [-0.4, -0.2) is 22.3 Å². The van der Waals surface area contributed by atoms with Gasteiger partial charge < -0.3 is 10.6 Å². The Hall–Kier alpha value is -3.93. The van der Waals surface area contributed by atoms with Gasteiger partial charge in [0.05, 0.1) is 23.0 Å². The topological polar surface area (TPSA) is 112 Å². The van der Waals surface area contributed by atoms with Crippen LogP contribution in [0.2, 0.25) is 5.02 Å². The van der Waals surface area contributed by atoms with Crippen LogP contribution in [-0.2, 0) is 11.2 Å². The lowest BCUT2D eigenvalue weighted by molar-refractivity contribution is -0.129. The first-order chi connectivity index (χ1) is 16.3. The molecular formula is C25H22ClFN6O. The third kappa shape index (κ3) is 4.31. The van der Waals surface area contributed by atoms with Gasteiger partial charge >= 0.3 is 0 Å². The summed E-state index contributed by atoms with van der Waals surface area (Å²) in [5.41, 5.74) is 10.3.